The van der Waals surface area contributed by atoms with Crippen LogP contribution in [0.1, 0.15) is 26.2 Å². The summed E-state index contributed by atoms with van der Waals surface area (Å²) in [6.45, 7) is 2.98. The lowest BCUT2D eigenvalue weighted by Crippen LogP contribution is -2.33. The van der Waals surface area contributed by atoms with Gasteiger partial charge < -0.3 is 10.2 Å². The van der Waals surface area contributed by atoms with E-state index in [1.807, 2.05) is 6.92 Å². The molecule has 4 nitrogen and oxygen atoms in total. The lowest BCUT2D eigenvalue weighted by Gasteiger charge is -2.17. The van der Waals surface area contributed by atoms with E-state index >= 15 is 0 Å². The number of amides is 2. The molecule has 1 unspecified atom stereocenters. The fourth-order valence-corrected chi connectivity index (χ4v) is 2.49. The molecule has 1 N–H and O–H groups in total. The van der Waals surface area contributed by atoms with Gasteiger partial charge in [0.25, 0.3) is 0 Å². The minimum atomic E-state index is -0.527. The van der Waals surface area contributed by atoms with Gasteiger partial charge in [-0.15, -0.1) is 0 Å². The molecule has 2 amide bonds. The Morgan fingerprint density at radius 2 is 2.29 bits per heavy atom. The Labute approximate surface area is 128 Å². The molecular weight excluding hydrogens is 295 g/mol. The van der Waals surface area contributed by atoms with Crippen LogP contribution in [0.5, 0.6) is 0 Å². The van der Waals surface area contributed by atoms with Crippen molar-refractivity contribution in [1.29, 1.82) is 0 Å². The minimum absolute atomic E-state index is 0.0313. The average molecular weight is 313 g/mol. The first-order chi connectivity index (χ1) is 10.0. The Hall–Kier alpha value is -1.62. The number of nitrogens with one attached hydrogen (secondary N) is 1. The second kappa shape index (κ2) is 6.89. The zero-order valence-corrected chi connectivity index (χ0v) is 12.6. The van der Waals surface area contributed by atoms with Crippen molar-refractivity contribution in [3.05, 3.63) is 29.0 Å². The van der Waals surface area contributed by atoms with E-state index in [0.717, 1.165) is 12.8 Å². The summed E-state index contributed by atoms with van der Waals surface area (Å²) >= 11 is 5.73. The van der Waals surface area contributed by atoms with E-state index in [4.69, 9.17) is 11.6 Å². The van der Waals surface area contributed by atoms with Crippen molar-refractivity contribution >= 4 is 29.1 Å². The van der Waals surface area contributed by atoms with Gasteiger partial charge in [0.15, 0.2) is 0 Å². The quantitative estimate of drug-likeness (QED) is 0.850. The van der Waals surface area contributed by atoms with Crippen LogP contribution in [0.3, 0.4) is 0 Å². The molecule has 6 heteroatoms. The van der Waals surface area contributed by atoms with Gasteiger partial charge in [0.05, 0.1) is 10.9 Å². The van der Waals surface area contributed by atoms with Crippen molar-refractivity contribution in [2.24, 2.45) is 5.92 Å². The van der Waals surface area contributed by atoms with Gasteiger partial charge in [-0.25, -0.2) is 4.39 Å². The third-order valence-corrected chi connectivity index (χ3v) is 3.83. The van der Waals surface area contributed by atoms with Crippen molar-refractivity contribution in [3.8, 4) is 0 Å². The van der Waals surface area contributed by atoms with Crippen LogP contribution in [-0.4, -0.2) is 24.9 Å². The lowest BCUT2D eigenvalue weighted by molar-refractivity contribution is -0.126. The smallest absolute Gasteiger partial charge is 0.227 e. The summed E-state index contributed by atoms with van der Waals surface area (Å²) in [5.41, 5.74) is 0.523. The van der Waals surface area contributed by atoms with E-state index in [2.05, 4.69) is 5.32 Å². The van der Waals surface area contributed by atoms with Crippen LogP contribution in [0.2, 0.25) is 5.02 Å². The van der Waals surface area contributed by atoms with Crippen LogP contribution >= 0.6 is 11.6 Å². The van der Waals surface area contributed by atoms with Gasteiger partial charge in [0.1, 0.15) is 5.82 Å². The molecule has 0 spiro atoms. The maximum atomic E-state index is 13.2. The SMILES string of the molecule is CCCCNC(=O)C1CC(=O)N(c2ccc(F)c(Cl)c2)C1. The highest BCUT2D eigenvalue weighted by atomic mass is 35.5. The summed E-state index contributed by atoms with van der Waals surface area (Å²) in [7, 11) is 0. The molecule has 1 saturated heterocycles. The molecule has 1 heterocycles. The molecule has 0 aromatic heterocycles. The first-order valence-electron chi connectivity index (χ1n) is 7.06. The number of nitrogens with zero attached hydrogens (tertiary/aromatic N) is 1. The van der Waals surface area contributed by atoms with Crippen molar-refractivity contribution in [1.82, 2.24) is 5.32 Å². The Balaban J connectivity index is 2.02. The van der Waals surface area contributed by atoms with Gasteiger partial charge >= 0.3 is 0 Å². The molecule has 0 aliphatic carbocycles. The largest absolute Gasteiger partial charge is 0.356 e. The topological polar surface area (TPSA) is 49.4 Å². The number of benzene rings is 1. The van der Waals surface area contributed by atoms with E-state index < -0.39 is 5.82 Å². The molecule has 21 heavy (non-hydrogen) atoms. The summed E-state index contributed by atoms with van der Waals surface area (Å²) in [5.74, 6) is -1.14. The Bertz CT molecular complexity index is 550. The van der Waals surface area contributed by atoms with Crippen molar-refractivity contribution < 1.29 is 14.0 Å². The van der Waals surface area contributed by atoms with E-state index in [9.17, 15) is 14.0 Å². The van der Waals surface area contributed by atoms with Crippen molar-refractivity contribution in [3.63, 3.8) is 0 Å². The van der Waals surface area contributed by atoms with Gasteiger partial charge in [-0.2, -0.15) is 0 Å². The standard InChI is InChI=1S/C15H18ClFN2O2/c1-2-3-6-18-15(21)10-7-14(20)19(9-10)11-4-5-13(17)12(16)8-11/h4-5,8,10H,2-3,6-7,9H2,1H3,(H,18,21). The van der Waals surface area contributed by atoms with Crippen LogP contribution in [0.4, 0.5) is 10.1 Å². The Kier molecular flexibility index (Phi) is 5.17. The first-order valence-corrected chi connectivity index (χ1v) is 7.44. The number of carbonyl (C=O) groups is 2. The molecule has 1 fully saturated rings. The fourth-order valence-electron chi connectivity index (χ4n) is 2.32. The number of halogens is 2. The number of anilines is 1. The van der Waals surface area contributed by atoms with Crippen LogP contribution in [0.25, 0.3) is 0 Å². The van der Waals surface area contributed by atoms with Gasteiger partial charge in [-0.05, 0) is 24.6 Å². The minimum Gasteiger partial charge on any atom is -0.356 e. The van der Waals surface area contributed by atoms with Gasteiger partial charge in [-0.1, -0.05) is 24.9 Å². The average Bonchev–Trinajstić information content (AvgIpc) is 2.84. The van der Waals surface area contributed by atoms with E-state index in [1.165, 1.54) is 23.1 Å². The monoisotopic (exact) mass is 312 g/mol. The second-order valence-corrected chi connectivity index (χ2v) is 5.56. The summed E-state index contributed by atoms with van der Waals surface area (Å²) in [6, 6.07) is 4.13. The van der Waals surface area contributed by atoms with E-state index in [-0.39, 0.29) is 29.2 Å². The zero-order valence-electron chi connectivity index (χ0n) is 11.9. The molecule has 1 atom stereocenters. The highest BCUT2D eigenvalue weighted by Gasteiger charge is 2.35. The summed E-state index contributed by atoms with van der Waals surface area (Å²) in [4.78, 5) is 25.5. The maximum Gasteiger partial charge on any atom is 0.227 e. The van der Waals surface area contributed by atoms with Crippen molar-refractivity contribution in [2.45, 2.75) is 26.2 Å². The number of unbranched alkanes of at least 4 members (excludes halogenated alkanes) is 1. The zero-order chi connectivity index (χ0) is 15.4. The molecule has 1 aromatic carbocycles. The molecular formula is C15H18ClFN2O2. The highest BCUT2D eigenvalue weighted by molar-refractivity contribution is 6.31. The molecule has 0 radical (unpaired) electrons. The lowest BCUT2D eigenvalue weighted by atomic mass is 10.1. The normalized spacial score (nSPS) is 18.1. The van der Waals surface area contributed by atoms with Crippen molar-refractivity contribution in [2.75, 3.05) is 18.0 Å². The number of hydrogen-bond acceptors (Lipinski definition) is 2. The van der Waals surface area contributed by atoms with Gasteiger partial charge in [-0.3, -0.25) is 9.59 Å². The van der Waals surface area contributed by atoms with Crippen LogP contribution in [0, 0.1) is 11.7 Å². The molecule has 0 saturated carbocycles. The molecule has 1 aromatic rings. The highest BCUT2D eigenvalue weighted by Crippen LogP contribution is 2.28. The van der Waals surface area contributed by atoms with Crippen LogP contribution < -0.4 is 10.2 Å². The summed E-state index contributed by atoms with van der Waals surface area (Å²) in [5, 5.41) is 2.80. The number of hydrogen-bond donors (Lipinski definition) is 1. The third kappa shape index (κ3) is 3.73. The Morgan fingerprint density at radius 3 is 2.95 bits per heavy atom. The van der Waals surface area contributed by atoms with Crippen LogP contribution in [0.15, 0.2) is 18.2 Å². The summed E-state index contributed by atoms with van der Waals surface area (Å²) < 4.78 is 13.2. The summed E-state index contributed by atoms with van der Waals surface area (Å²) in [6.07, 6.45) is 2.10. The van der Waals surface area contributed by atoms with E-state index in [1.54, 1.807) is 0 Å². The van der Waals surface area contributed by atoms with Crippen LogP contribution in [-0.2, 0) is 9.59 Å². The molecule has 1 aliphatic heterocycles. The predicted molar refractivity (Wildman–Crippen MR) is 79.8 cm³/mol. The first kappa shape index (κ1) is 15.8. The third-order valence-electron chi connectivity index (χ3n) is 3.54. The number of rotatable bonds is 5. The molecule has 0 bridgehead atoms. The van der Waals surface area contributed by atoms with Gasteiger partial charge in [0, 0.05) is 25.2 Å². The second-order valence-electron chi connectivity index (χ2n) is 5.15. The Morgan fingerprint density at radius 1 is 1.52 bits per heavy atom. The maximum absolute atomic E-state index is 13.2. The fraction of sp³-hybridized carbons (Fsp3) is 0.467. The molecule has 1 aliphatic rings. The predicted octanol–water partition coefficient (Wildman–Crippen LogP) is 2.75. The molecule has 2 rings (SSSR count). The number of carbonyl (C=O) groups excluding carboxylic acids is 2. The van der Waals surface area contributed by atoms with Gasteiger partial charge in [0.2, 0.25) is 11.8 Å². The van der Waals surface area contributed by atoms with E-state index in [0.29, 0.717) is 18.8 Å². The molecule has 114 valence electrons.